The van der Waals surface area contributed by atoms with Gasteiger partial charge in [-0.15, -0.1) is 0 Å². The first-order chi connectivity index (χ1) is 12.1. The van der Waals surface area contributed by atoms with Gasteiger partial charge in [-0.05, 0) is 61.3 Å². The van der Waals surface area contributed by atoms with Crippen LogP contribution < -0.4 is 4.90 Å². The summed E-state index contributed by atoms with van der Waals surface area (Å²) in [5.74, 6) is -0.771. The van der Waals surface area contributed by atoms with Crippen LogP contribution in [0.15, 0.2) is 47.8 Å². The third-order valence-electron chi connectivity index (χ3n) is 5.53. The average Bonchev–Trinajstić information content (AvgIpc) is 2.79. The molecule has 0 spiro atoms. The van der Waals surface area contributed by atoms with E-state index in [9.17, 15) is 9.18 Å². The number of hydrogen-bond acceptors (Lipinski definition) is 3. The van der Waals surface area contributed by atoms with E-state index in [1.165, 1.54) is 30.5 Å². The van der Waals surface area contributed by atoms with Crippen molar-refractivity contribution in [2.24, 2.45) is 0 Å². The maximum Gasteiger partial charge on any atom is 0.330 e. The molecule has 1 heterocycles. The largest absolute Gasteiger partial charge is 0.466 e. The minimum Gasteiger partial charge on any atom is -0.466 e. The Morgan fingerprint density at radius 1 is 1.27 bits per heavy atom. The number of ether oxygens (including phenoxy) is 1. The van der Waals surface area contributed by atoms with E-state index in [1.807, 2.05) is 6.07 Å². The van der Waals surface area contributed by atoms with E-state index in [0.717, 1.165) is 5.56 Å². The van der Waals surface area contributed by atoms with Gasteiger partial charge in [-0.3, -0.25) is 0 Å². The van der Waals surface area contributed by atoms with E-state index in [2.05, 4.69) is 49.6 Å². The number of benzene rings is 1. The Bertz CT molecular complexity index is 802. The zero-order chi connectivity index (χ0) is 19.6. The average molecular weight is 357 g/mol. The van der Waals surface area contributed by atoms with Crippen LogP contribution in [0.1, 0.15) is 45.7 Å². The predicted octanol–water partition coefficient (Wildman–Crippen LogP) is 5.18. The topological polar surface area (TPSA) is 29.5 Å². The highest BCUT2D eigenvalue weighted by Crippen LogP contribution is 2.45. The van der Waals surface area contributed by atoms with Crippen molar-refractivity contribution >= 4 is 17.2 Å². The van der Waals surface area contributed by atoms with Crippen LogP contribution in [0.2, 0.25) is 0 Å². The molecule has 1 atom stereocenters. The van der Waals surface area contributed by atoms with E-state index in [0.29, 0.717) is 17.2 Å². The molecule has 3 nitrogen and oxygen atoms in total. The molecule has 1 aliphatic heterocycles. The fourth-order valence-electron chi connectivity index (χ4n) is 3.27. The van der Waals surface area contributed by atoms with Crippen LogP contribution in [0.4, 0.5) is 10.1 Å². The number of hydrogen-bond donors (Lipinski definition) is 0. The number of likely N-dealkylation sites (N-methyl/N-ethyl adjacent to an activating group) is 1. The molecule has 1 aromatic carbocycles. The minimum absolute atomic E-state index is 0.00648. The molecule has 0 saturated heterocycles. The molecule has 0 saturated carbocycles. The summed E-state index contributed by atoms with van der Waals surface area (Å²) >= 11 is 0. The molecule has 0 aromatic heterocycles. The maximum absolute atomic E-state index is 14.6. The van der Waals surface area contributed by atoms with Crippen molar-refractivity contribution in [1.29, 1.82) is 0 Å². The van der Waals surface area contributed by atoms with Gasteiger partial charge in [0, 0.05) is 30.3 Å². The summed E-state index contributed by atoms with van der Waals surface area (Å²) in [5.41, 5.74) is 4.52. The Balaban J connectivity index is 2.34. The lowest BCUT2D eigenvalue weighted by atomic mass is 9.80. The standard InChI is InChI=1S/C22H28FNO2/c1-14(12-21(25)26-7)8-10-19(23)15(2)17-9-11-20-18(13-17)22(4,5)16(3)24(20)6/h8-13,16H,1-7H3/b10-8+,14-12+,19-15+. The lowest BCUT2D eigenvalue weighted by Gasteiger charge is -2.28. The molecule has 0 aliphatic carbocycles. The molecular weight excluding hydrogens is 329 g/mol. The summed E-state index contributed by atoms with van der Waals surface area (Å²) in [6.07, 6.45) is 4.29. The normalized spacial score (nSPS) is 20.2. The van der Waals surface area contributed by atoms with Crippen molar-refractivity contribution < 1.29 is 13.9 Å². The first-order valence-electron chi connectivity index (χ1n) is 8.78. The zero-order valence-corrected chi connectivity index (χ0v) is 16.7. The van der Waals surface area contributed by atoms with Crippen LogP contribution in [0.5, 0.6) is 0 Å². The van der Waals surface area contributed by atoms with Gasteiger partial charge in [0.15, 0.2) is 0 Å². The summed E-state index contributed by atoms with van der Waals surface area (Å²) < 4.78 is 19.2. The monoisotopic (exact) mass is 357 g/mol. The van der Waals surface area contributed by atoms with Gasteiger partial charge in [0.1, 0.15) is 5.83 Å². The van der Waals surface area contributed by atoms with E-state index in [-0.39, 0.29) is 11.2 Å². The third-order valence-corrected chi connectivity index (χ3v) is 5.53. The SMILES string of the molecule is COC(=O)/C=C(C)/C=C/C(F)=C(/C)c1ccc2c(c1)C(C)(C)C(C)N2C. The molecule has 1 aliphatic rings. The molecule has 0 fully saturated rings. The van der Waals surface area contributed by atoms with Gasteiger partial charge in [-0.1, -0.05) is 26.0 Å². The van der Waals surface area contributed by atoms with Crippen LogP contribution in [0.3, 0.4) is 0 Å². The van der Waals surface area contributed by atoms with Gasteiger partial charge in [-0.2, -0.15) is 0 Å². The predicted molar refractivity (Wildman–Crippen MR) is 106 cm³/mol. The molecule has 0 amide bonds. The number of rotatable bonds is 4. The van der Waals surface area contributed by atoms with E-state index >= 15 is 0 Å². The number of carbonyl (C=O) groups is 1. The highest BCUT2D eigenvalue weighted by Gasteiger charge is 2.40. The van der Waals surface area contributed by atoms with E-state index in [1.54, 1.807) is 19.9 Å². The second-order valence-electron chi connectivity index (χ2n) is 7.46. The maximum atomic E-state index is 14.6. The van der Waals surface area contributed by atoms with Crippen LogP contribution >= 0.6 is 0 Å². The molecule has 1 unspecified atom stereocenters. The van der Waals surface area contributed by atoms with E-state index < -0.39 is 5.97 Å². The molecule has 26 heavy (non-hydrogen) atoms. The van der Waals surface area contributed by atoms with Gasteiger partial charge >= 0.3 is 5.97 Å². The number of fused-ring (bicyclic) bond motifs is 1. The smallest absolute Gasteiger partial charge is 0.330 e. The Morgan fingerprint density at radius 2 is 1.92 bits per heavy atom. The van der Waals surface area contributed by atoms with Crippen molar-refractivity contribution in [3.05, 3.63) is 59.0 Å². The molecule has 0 N–H and O–H groups in total. The van der Waals surface area contributed by atoms with Gasteiger partial charge in [0.2, 0.25) is 0 Å². The Kier molecular flexibility index (Phi) is 5.74. The molecule has 1 aromatic rings. The molecular formula is C22H28FNO2. The molecule has 140 valence electrons. The third kappa shape index (κ3) is 3.74. The highest BCUT2D eigenvalue weighted by atomic mass is 19.1. The molecule has 4 heteroatoms. The van der Waals surface area contributed by atoms with Gasteiger partial charge in [0.05, 0.1) is 7.11 Å². The van der Waals surface area contributed by atoms with Crippen molar-refractivity contribution in [2.45, 2.75) is 46.1 Å². The first kappa shape index (κ1) is 20.0. The number of carbonyl (C=O) groups excluding carboxylic acids is 1. The quantitative estimate of drug-likeness (QED) is 0.422. The Morgan fingerprint density at radius 3 is 2.54 bits per heavy atom. The summed E-state index contributed by atoms with van der Waals surface area (Å²) in [6, 6.07) is 6.50. The summed E-state index contributed by atoms with van der Waals surface area (Å²) in [7, 11) is 3.41. The van der Waals surface area contributed by atoms with Crippen molar-refractivity contribution in [1.82, 2.24) is 0 Å². The molecule has 0 radical (unpaired) electrons. The Hall–Kier alpha value is -2.36. The highest BCUT2D eigenvalue weighted by molar-refractivity contribution is 5.83. The van der Waals surface area contributed by atoms with Crippen molar-refractivity contribution in [3.8, 4) is 0 Å². The van der Waals surface area contributed by atoms with E-state index in [4.69, 9.17) is 0 Å². The number of esters is 1. The zero-order valence-electron chi connectivity index (χ0n) is 16.7. The first-order valence-corrected chi connectivity index (χ1v) is 8.78. The minimum atomic E-state index is -0.452. The van der Waals surface area contributed by atoms with Crippen LogP contribution in [0.25, 0.3) is 5.57 Å². The lowest BCUT2D eigenvalue weighted by Crippen LogP contribution is -2.36. The number of anilines is 1. The number of halogens is 1. The van der Waals surface area contributed by atoms with Gasteiger partial charge in [0.25, 0.3) is 0 Å². The number of nitrogens with zero attached hydrogens (tertiary/aromatic N) is 1. The summed E-state index contributed by atoms with van der Waals surface area (Å²) in [4.78, 5) is 13.5. The lowest BCUT2D eigenvalue weighted by molar-refractivity contribution is -0.134. The van der Waals surface area contributed by atoms with Gasteiger partial charge in [-0.25, -0.2) is 9.18 Å². The number of allylic oxidation sites excluding steroid dienone is 5. The fraction of sp³-hybridized carbons (Fsp3) is 0.409. The molecule has 2 rings (SSSR count). The second kappa shape index (κ2) is 7.48. The summed E-state index contributed by atoms with van der Waals surface area (Å²) in [5, 5.41) is 0. The van der Waals surface area contributed by atoms with Crippen LogP contribution in [0, 0.1) is 0 Å². The Labute approximate surface area is 155 Å². The fourth-order valence-corrected chi connectivity index (χ4v) is 3.27. The van der Waals surface area contributed by atoms with Crippen LogP contribution in [-0.2, 0) is 14.9 Å². The second-order valence-corrected chi connectivity index (χ2v) is 7.46. The van der Waals surface area contributed by atoms with Gasteiger partial charge < -0.3 is 9.64 Å². The van der Waals surface area contributed by atoms with Crippen LogP contribution in [-0.4, -0.2) is 26.2 Å². The molecule has 0 bridgehead atoms. The number of methoxy groups -OCH3 is 1. The van der Waals surface area contributed by atoms with Crippen molar-refractivity contribution in [2.75, 3.05) is 19.1 Å². The van der Waals surface area contributed by atoms with Crippen molar-refractivity contribution in [3.63, 3.8) is 0 Å². The summed E-state index contributed by atoms with van der Waals surface area (Å²) in [6.45, 7) is 10.2.